The average Bonchev–Trinajstić information content (AvgIpc) is 3.57. The first-order chi connectivity index (χ1) is 15.0. The number of amides is 1. The van der Waals surface area contributed by atoms with Crippen molar-refractivity contribution in [2.45, 2.75) is 37.2 Å². The van der Waals surface area contributed by atoms with E-state index in [2.05, 4.69) is 4.72 Å². The Morgan fingerprint density at radius 2 is 1.78 bits per heavy atom. The minimum atomic E-state index is -4.79. The van der Waals surface area contributed by atoms with E-state index in [1.54, 1.807) is 18.2 Å². The largest absolute Gasteiger partial charge is 0.457 e. The molecule has 0 spiro atoms. The van der Waals surface area contributed by atoms with Crippen molar-refractivity contribution in [3.05, 3.63) is 58.9 Å². The summed E-state index contributed by atoms with van der Waals surface area (Å²) in [7, 11) is -3.46. The van der Waals surface area contributed by atoms with Crippen LogP contribution in [-0.4, -0.2) is 37.6 Å². The van der Waals surface area contributed by atoms with E-state index in [-0.39, 0.29) is 30.5 Å². The number of nitrogens with zero attached hydrogens (tertiary/aromatic N) is 1. The second kappa shape index (κ2) is 8.36. The third kappa shape index (κ3) is 5.04. The van der Waals surface area contributed by atoms with Crippen LogP contribution in [0.15, 0.2) is 36.4 Å². The molecule has 1 amide bonds. The fourth-order valence-corrected chi connectivity index (χ4v) is 4.82. The Morgan fingerprint density at radius 3 is 2.44 bits per heavy atom. The Labute approximate surface area is 182 Å². The average molecular weight is 472 g/mol. The fraction of sp³-hybridized carbons (Fsp3) is 0.381. The highest BCUT2D eigenvalue weighted by molar-refractivity contribution is 7.90. The summed E-state index contributed by atoms with van der Waals surface area (Å²) in [6.45, 7) is 0.356. The van der Waals surface area contributed by atoms with Gasteiger partial charge in [0, 0.05) is 19.2 Å². The van der Waals surface area contributed by atoms with Crippen molar-refractivity contribution in [2.75, 3.05) is 13.1 Å². The van der Waals surface area contributed by atoms with Gasteiger partial charge in [-0.1, -0.05) is 6.07 Å². The summed E-state index contributed by atoms with van der Waals surface area (Å²) in [4.78, 5) is 14.0. The van der Waals surface area contributed by atoms with Gasteiger partial charge in [0.15, 0.2) is 0 Å². The normalized spacial score (nSPS) is 16.6. The van der Waals surface area contributed by atoms with Crippen LogP contribution < -0.4 is 9.46 Å². The number of carbonyl (C=O) groups excluding carboxylic acids is 1. The van der Waals surface area contributed by atoms with Crippen molar-refractivity contribution in [1.82, 2.24) is 9.62 Å². The molecule has 0 aromatic heterocycles. The molecule has 0 atom stereocenters. The van der Waals surface area contributed by atoms with Crippen LogP contribution in [0.1, 0.15) is 29.5 Å². The SMILES string of the molecule is O=C(CNS(=O)(=O)C1CC1)N1CCc2ccc(Oc3ccc(C(F)(F)F)c(F)c3)cc2C1. The van der Waals surface area contributed by atoms with Crippen molar-refractivity contribution in [1.29, 1.82) is 0 Å². The smallest absolute Gasteiger partial charge is 0.419 e. The molecule has 1 saturated carbocycles. The molecule has 1 aliphatic carbocycles. The molecule has 1 N–H and O–H groups in total. The molecule has 2 aromatic rings. The summed E-state index contributed by atoms with van der Waals surface area (Å²) < 4.78 is 83.6. The molecule has 32 heavy (non-hydrogen) atoms. The quantitative estimate of drug-likeness (QED) is 0.652. The van der Waals surface area contributed by atoms with Gasteiger partial charge in [-0.3, -0.25) is 4.79 Å². The first-order valence-electron chi connectivity index (χ1n) is 9.95. The third-order valence-corrected chi connectivity index (χ3v) is 7.31. The van der Waals surface area contributed by atoms with Gasteiger partial charge in [0.05, 0.1) is 17.4 Å². The van der Waals surface area contributed by atoms with Gasteiger partial charge in [0.25, 0.3) is 0 Å². The van der Waals surface area contributed by atoms with E-state index in [4.69, 9.17) is 4.74 Å². The summed E-state index contributed by atoms with van der Waals surface area (Å²) in [5.41, 5.74) is 0.361. The summed E-state index contributed by atoms with van der Waals surface area (Å²) in [5, 5.41) is -0.410. The molecule has 0 unspecified atom stereocenters. The fourth-order valence-electron chi connectivity index (χ4n) is 3.51. The summed E-state index contributed by atoms with van der Waals surface area (Å²) >= 11 is 0. The van der Waals surface area contributed by atoms with Crippen LogP contribution in [0.4, 0.5) is 17.6 Å². The number of ether oxygens (including phenoxy) is 1. The Balaban J connectivity index is 1.42. The van der Waals surface area contributed by atoms with Crippen molar-refractivity contribution < 1.29 is 35.5 Å². The first kappa shape index (κ1) is 22.5. The van der Waals surface area contributed by atoms with Crippen LogP contribution in [0.3, 0.4) is 0 Å². The number of alkyl halides is 3. The Hall–Kier alpha value is -2.66. The number of rotatable bonds is 6. The van der Waals surface area contributed by atoms with Crippen molar-refractivity contribution >= 4 is 15.9 Å². The number of hydrogen-bond acceptors (Lipinski definition) is 4. The van der Waals surface area contributed by atoms with E-state index in [0.717, 1.165) is 17.2 Å². The van der Waals surface area contributed by atoms with Gasteiger partial charge in [0.1, 0.15) is 17.3 Å². The minimum absolute atomic E-state index is 0.0892. The highest BCUT2D eigenvalue weighted by Crippen LogP contribution is 2.34. The van der Waals surface area contributed by atoms with E-state index >= 15 is 0 Å². The van der Waals surface area contributed by atoms with E-state index in [0.29, 0.717) is 37.9 Å². The molecule has 0 bridgehead atoms. The molecule has 172 valence electrons. The molecule has 0 radical (unpaired) electrons. The second-order valence-corrected chi connectivity index (χ2v) is 9.85. The molecule has 2 aliphatic rings. The van der Waals surface area contributed by atoms with Crippen LogP contribution in [0.2, 0.25) is 0 Å². The van der Waals surface area contributed by atoms with E-state index < -0.39 is 32.8 Å². The van der Waals surface area contributed by atoms with E-state index in [1.807, 2.05) is 0 Å². The summed E-state index contributed by atoms with van der Waals surface area (Å²) in [5.74, 6) is -1.59. The molecule has 4 rings (SSSR count). The van der Waals surface area contributed by atoms with Gasteiger partial charge < -0.3 is 9.64 Å². The van der Waals surface area contributed by atoms with Crippen LogP contribution >= 0.6 is 0 Å². The Morgan fingerprint density at radius 1 is 1.09 bits per heavy atom. The number of benzene rings is 2. The maximum atomic E-state index is 13.8. The highest BCUT2D eigenvalue weighted by atomic mass is 32.2. The molecule has 11 heteroatoms. The number of hydrogen-bond donors (Lipinski definition) is 1. The van der Waals surface area contributed by atoms with Gasteiger partial charge in [-0.2, -0.15) is 13.2 Å². The van der Waals surface area contributed by atoms with E-state index in [9.17, 15) is 30.8 Å². The molecular formula is C21H20F4N2O4S. The highest BCUT2D eigenvalue weighted by Gasteiger charge is 2.36. The minimum Gasteiger partial charge on any atom is -0.457 e. The van der Waals surface area contributed by atoms with Crippen LogP contribution in [0.25, 0.3) is 0 Å². The summed E-state index contributed by atoms with van der Waals surface area (Å²) in [6, 6.07) is 7.36. The monoisotopic (exact) mass is 472 g/mol. The number of sulfonamides is 1. The first-order valence-corrected chi connectivity index (χ1v) is 11.5. The topological polar surface area (TPSA) is 75.7 Å². The molecule has 2 aromatic carbocycles. The van der Waals surface area contributed by atoms with Gasteiger partial charge >= 0.3 is 6.18 Å². The standard InChI is InChI=1S/C21H20F4N2O4S/c22-19-10-16(3-6-18(19)21(23,24)25)31-15-2-1-13-7-8-27(12-14(13)9-15)20(28)11-26-32(29,30)17-4-5-17/h1-3,6,9-10,17,26H,4-5,7-8,11-12H2. The maximum Gasteiger partial charge on any atom is 0.419 e. The lowest BCUT2D eigenvalue weighted by Crippen LogP contribution is -2.43. The third-order valence-electron chi connectivity index (χ3n) is 5.41. The maximum absolute atomic E-state index is 13.8. The van der Waals surface area contributed by atoms with Gasteiger partial charge in [-0.15, -0.1) is 0 Å². The Kier molecular flexibility index (Phi) is 5.89. The number of nitrogens with one attached hydrogen (secondary N) is 1. The predicted molar refractivity (Wildman–Crippen MR) is 107 cm³/mol. The summed E-state index contributed by atoms with van der Waals surface area (Å²) in [6.07, 6.45) is -3.03. The number of carbonyl (C=O) groups is 1. The van der Waals surface area contributed by atoms with Crippen molar-refractivity contribution in [3.8, 4) is 11.5 Å². The van der Waals surface area contributed by atoms with E-state index in [1.165, 1.54) is 4.90 Å². The van der Waals surface area contributed by atoms with Gasteiger partial charge in [-0.05, 0) is 54.7 Å². The lowest BCUT2D eigenvalue weighted by atomic mass is 9.99. The number of fused-ring (bicyclic) bond motifs is 1. The Bertz CT molecular complexity index is 1150. The zero-order valence-electron chi connectivity index (χ0n) is 16.8. The molecular weight excluding hydrogens is 452 g/mol. The molecule has 0 saturated heterocycles. The number of halogens is 4. The van der Waals surface area contributed by atoms with Crippen LogP contribution in [-0.2, 0) is 34.0 Å². The molecule has 1 heterocycles. The molecule has 1 aliphatic heterocycles. The zero-order chi connectivity index (χ0) is 23.1. The zero-order valence-corrected chi connectivity index (χ0v) is 17.6. The molecule has 6 nitrogen and oxygen atoms in total. The van der Waals surface area contributed by atoms with Crippen LogP contribution in [0, 0.1) is 5.82 Å². The second-order valence-electron chi connectivity index (χ2n) is 7.80. The lowest BCUT2D eigenvalue weighted by Gasteiger charge is -2.29. The van der Waals surface area contributed by atoms with Gasteiger partial charge in [0.2, 0.25) is 15.9 Å². The lowest BCUT2D eigenvalue weighted by molar-refractivity contribution is -0.140. The molecule has 1 fully saturated rings. The predicted octanol–water partition coefficient (Wildman–Crippen LogP) is 3.60. The van der Waals surface area contributed by atoms with Crippen molar-refractivity contribution in [2.24, 2.45) is 0 Å². The van der Waals surface area contributed by atoms with Crippen LogP contribution in [0.5, 0.6) is 11.5 Å². The van der Waals surface area contributed by atoms with Gasteiger partial charge in [-0.25, -0.2) is 17.5 Å². The van der Waals surface area contributed by atoms with Crippen molar-refractivity contribution in [3.63, 3.8) is 0 Å².